The second kappa shape index (κ2) is 5.12. The molecule has 0 spiro atoms. The fourth-order valence-corrected chi connectivity index (χ4v) is 4.36. The third-order valence-electron chi connectivity index (χ3n) is 5.50. The van der Waals surface area contributed by atoms with Crippen molar-refractivity contribution in [1.82, 2.24) is 24.5 Å². The molecule has 3 aromatic heterocycles. The van der Waals surface area contributed by atoms with E-state index in [1.807, 2.05) is 42.8 Å². The van der Waals surface area contributed by atoms with Crippen molar-refractivity contribution in [3.8, 4) is 0 Å². The van der Waals surface area contributed by atoms with Gasteiger partial charge in [-0.05, 0) is 38.8 Å². The number of aromatic nitrogens is 4. The molecule has 1 fully saturated rings. The Hall–Kier alpha value is -2.76. The summed E-state index contributed by atoms with van der Waals surface area (Å²) in [5, 5.41) is 4.61. The molecule has 1 saturated heterocycles. The number of rotatable bonds is 1. The van der Waals surface area contributed by atoms with Crippen molar-refractivity contribution in [1.29, 1.82) is 0 Å². The quantitative estimate of drug-likeness (QED) is 0.687. The maximum absolute atomic E-state index is 13.2. The summed E-state index contributed by atoms with van der Waals surface area (Å²) in [4.78, 5) is 24.1. The average Bonchev–Trinajstić information content (AvgIpc) is 3.13. The van der Waals surface area contributed by atoms with Gasteiger partial charge in [-0.1, -0.05) is 0 Å². The Morgan fingerprint density at radius 3 is 2.96 bits per heavy atom. The summed E-state index contributed by atoms with van der Waals surface area (Å²) in [5.41, 5.74) is 5.69. The lowest BCUT2D eigenvalue weighted by atomic mass is 9.98. The fourth-order valence-electron chi connectivity index (χ4n) is 4.36. The van der Waals surface area contributed by atoms with Gasteiger partial charge >= 0.3 is 0 Å². The van der Waals surface area contributed by atoms with Crippen LogP contribution in [-0.4, -0.2) is 36.4 Å². The van der Waals surface area contributed by atoms with Gasteiger partial charge in [-0.15, -0.1) is 0 Å². The predicted molar refractivity (Wildman–Crippen MR) is 92.3 cm³/mol. The van der Waals surface area contributed by atoms with Crippen LogP contribution in [0.3, 0.4) is 0 Å². The van der Waals surface area contributed by atoms with E-state index in [-0.39, 0.29) is 18.0 Å². The molecule has 2 aliphatic heterocycles. The number of hydrogen-bond donors (Lipinski definition) is 0. The number of carbonyl (C=O) groups excluding carboxylic acids is 1. The van der Waals surface area contributed by atoms with Crippen LogP contribution in [-0.2, 0) is 6.42 Å². The van der Waals surface area contributed by atoms with Gasteiger partial charge in [0.25, 0.3) is 5.91 Å². The molecular formula is C19H19N5O. The lowest BCUT2D eigenvalue weighted by Gasteiger charge is -2.36. The maximum Gasteiger partial charge on any atom is 0.256 e. The van der Waals surface area contributed by atoms with Crippen molar-refractivity contribution in [2.24, 2.45) is 0 Å². The molecule has 0 unspecified atom stereocenters. The van der Waals surface area contributed by atoms with Gasteiger partial charge in [-0.25, -0.2) is 9.50 Å². The van der Waals surface area contributed by atoms with E-state index in [4.69, 9.17) is 0 Å². The topological polar surface area (TPSA) is 63.4 Å². The van der Waals surface area contributed by atoms with Crippen molar-refractivity contribution in [3.05, 3.63) is 58.8 Å². The third kappa shape index (κ3) is 2.03. The Balaban J connectivity index is 1.61. The molecule has 5 heterocycles. The third-order valence-corrected chi connectivity index (χ3v) is 5.50. The van der Waals surface area contributed by atoms with E-state index in [1.54, 1.807) is 6.20 Å². The van der Waals surface area contributed by atoms with Gasteiger partial charge in [-0.2, -0.15) is 5.10 Å². The molecule has 0 aromatic carbocycles. The van der Waals surface area contributed by atoms with Crippen LogP contribution in [0.2, 0.25) is 0 Å². The number of fused-ring (bicyclic) bond motifs is 6. The molecule has 0 N–H and O–H groups in total. The highest BCUT2D eigenvalue weighted by atomic mass is 16.2. The standard InChI is InChI=1S/C19H19N5O/c1-11-8-18-21-10-15-16-6-5-13(9-17(15)24(18)22-11)23(16)19(25)14-4-3-7-20-12(14)2/h3-4,7-8,10,13,16H,5-6,9H2,1-2H3/t13-,16+/m1/s1. The van der Waals surface area contributed by atoms with E-state index in [0.29, 0.717) is 5.56 Å². The van der Waals surface area contributed by atoms with E-state index in [1.165, 1.54) is 5.69 Å². The van der Waals surface area contributed by atoms with E-state index < -0.39 is 0 Å². The van der Waals surface area contributed by atoms with E-state index in [9.17, 15) is 4.79 Å². The molecule has 126 valence electrons. The van der Waals surface area contributed by atoms with Gasteiger partial charge in [0, 0.05) is 42.2 Å². The number of aryl methyl sites for hydroxylation is 2. The minimum Gasteiger partial charge on any atom is -0.328 e. The van der Waals surface area contributed by atoms with Gasteiger partial charge in [-0.3, -0.25) is 9.78 Å². The monoisotopic (exact) mass is 333 g/mol. The molecule has 6 nitrogen and oxygen atoms in total. The largest absolute Gasteiger partial charge is 0.328 e. The van der Waals surface area contributed by atoms with E-state index in [2.05, 4.69) is 20.0 Å². The van der Waals surface area contributed by atoms with Crippen LogP contribution >= 0.6 is 0 Å². The second-order valence-electron chi connectivity index (χ2n) is 7.02. The first kappa shape index (κ1) is 14.6. The zero-order valence-electron chi connectivity index (χ0n) is 14.3. The molecule has 25 heavy (non-hydrogen) atoms. The summed E-state index contributed by atoms with van der Waals surface area (Å²) >= 11 is 0. The molecule has 5 rings (SSSR count). The van der Waals surface area contributed by atoms with E-state index in [0.717, 1.165) is 41.9 Å². The number of amides is 1. The number of nitrogens with zero attached hydrogens (tertiary/aromatic N) is 5. The lowest BCUT2D eigenvalue weighted by Crippen LogP contribution is -2.43. The van der Waals surface area contributed by atoms with Crippen LogP contribution in [0.5, 0.6) is 0 Å². The Morgan fingerprint density at radius 2 is 2.12 bits per heavy atom. The maximum atomic E-state index is 13.2. The molecule has 1 amide bonds. The molecule has 0 aliphatic carbocycles. The summed E-state index contributed by atoms with van der Waals surface area (Å²) in [7, 11) is 0. The van der Waals surface area contributed by atoms with E-state index >= 15 is 0 Å². The highest BCUT2D eigenvalue weighted by Gasteiger charge is 2.44. The highest BCUT2D eigenvalue weighted by Crippen LogP contribution is 2.44. The molecule has 6 heteroatoms. The molecule has 2 atom stereocenters. The Labute approximate surface area is 145 Å². The zero-order chi connectivity index (χ0) is 17.1. The minimum atomic E-state index is 0.0838. The predicted octanol–water partition coefficient (Wildman–Crippen LogP) is 2.64. The van der Waals surface area contributed by atoms with Gasteiger partial charge in [0.05, 0.1) is 23.0 Å². The van der Waals surface area contributed by atoms with Gasteiger partial charge < -0.3 is 4.90 Å². The van der Waals surface area contributed by atoms with Crippen molar-refractivity contribution in [3.63, 3.8) is 0 Å². The molecule has 2 aliphatic rings. The molecule has 2 bridgehead atoms. The van der Waals surface area contributed by atoms with Gasteiger partial charge in [0.15, 0.2) is 5.65 Å². The second-order valence-corrected chi connectivity index (χ2v) is 7.02. The summed E-state index contributed by atoms with van der Waals surface area (Å²) in [6.45, 7) is 3.88. The van der Waals surface area contributed by atoms with Crippen LogP contribution in [0, 0.1) is 13.8 Å². The van der Waals surface area contributed by atoms with Gasteiger partial charge in [0.1, 0.15) is 0 Å². The first-order valence-electron chi connectivity index (χ1n) is 8.72. The van der Waals surface area contributed by atoms with Crippen LogP contribution in [0.1, 0.15) is 51.9 Å². The average molecular weight is 333 g/mol. The van der Waals surface area contributed by atoms with Crippen molar-refractivity contribution in [2.45, 2.75) is 45.2 Å². The summed E-state index contributed by atoms with van der Waals surface area (Å²) in [6, 6.07) is 6.01. The molecular weight excluding hydrogens is 314 g/mol. The fraction of sp³-hybridized carbons (Fsp3) is 0.368. The first-order chi connectivity index (χ1) is 12.1. The lowest BCUT2D eigenvalue weighted by molar-refractivity contribution is 0.0641. The zero-order valence-corrected chi connectivity index (χ0v) is 14.3. The van der Waals surface area contributed by atoms with Crippen LogP contribution in [0.15, 0.2) is 30.6 Å². The number of pyridine rings is 1. The Bertz CT molecular complexity index is 1010. The van der Waals surface area contributed by atoms with Crippen molar-refractivity contribution < 1.29 is 4.79 Å². The van der Waals surface area contributed by atoms with Crippen molar-refractivity contribution in [2.75, 3.05) is 0 Å². The first-order valence-corrected chi connectivity index (χ1v) is 8.72. The summed E-state index contributed by atoms with van der Waals surface area (Å²) in [6.07, 6.45) is 6.50. The minimum absolute atomic E-state index is 0.0838. The van der Waals surface area contributed by atoms with Crippen LogP contribution in [0.25, 0.3) is 5.65 Å². The van der Waals surface area contributed by atoms with Gasteiger partial charge in [0.2, 0.25) is 0 Å². The smallest absolute Gasteiger partial charge is 0.256 e. The van der Waals surface area contributed by atoms with Crippen LogP contribution in [0.4, 0.5) is 0 Å². The Morgan fingerprint density at radius 1 is 1.24 bits per heavy atom. The normalized spacial score (nSPS) is 21.6. The number of hydrogen-bond acceptors (Lipinski definition) is 4. The SMILES string of the molecule is Cc1cc2ncc3c(n2n1)C[C@H]1CC[C@@H]3N1C(=O)c1cccnc1C. The molecule has 3 aromatic rings. The molecule has 0 radical (unpaired) electrons. The highest BCUT2D eigenvalue weighted by molar-refractivity contribution is 5.96. The van der Waals surface area contributed by atoms with Crippen LogP contribution < -0.4 is 0 Å². The summed E-state index contributed by atoms with van der Waals surface area (Å²) in [5.74, 6) is 0.0838. The molecule has 0 saturated carbocycles. The Kier molecular flexibility index (Phi) is 2.98. The number of carbonyl (C=O) groups is 1. The van der Waals surface area contributed by atoms with Crippen molar-refractivity contribution >= 4 is 11.6 Å². The summed E-state index contributed by atoms with van der Waals surface area (Å²) < 4.78 is 1.97.